The lowest BCUT2D eigenvalue weighted by Gasteiger charge is -2.24. The lowest BCUT2D eigenvalue weighted by atomic mass is 10.1. The zero-order valence-electron chi connectivity index (χ0n) is 17.0. The summed E-state index contributed by atoms with van der Waals surface area (Å²) in [7, 11) is 0. The number of aliphatic hydroxyl groups excluding tert-OH is 1. The molecule has 1 aromatic rings. The van der Waals surface area contributed by atoms with Crippen LogP contribution in [0.3, 0.4) is 0 Å². The molecule has 0 radical (unpaired) electrons. The molecule has 0 bridgehead atoms. The Morgan fingerprint density at radius 1 is 1.06 bits per heavy atom. The van der Waals surface area contributed by atoms with Gasteiger partial charge in [-0.1, -0.05) is 0 Å². The predicted molar refractivity (Wildman–Crippen MR) is 105 cm³/mol. The van der Waals surface area contributed by atoms with Crippen molar-refractivity contribution in [1.82, 2.24) is 25.9 Å². The monoisotopic (exact) mass is 441 g/mol. The summed E-state index contributed by atoms with van der Waals surface area (Å²) in [5.74, 6) is -4.90. The van der Waals surface area contributed by atoms with Gasteiger partial charge in [-0.15, -0.1) is 0 Å². The molecule has 4 amide bonds. The first-order valence-electron chi connectivity index (χ1n) is 9.25. The standard InChI is InChI=1S/C17H27N7O7/c1-7(17(30)31)22-14(27)11(4-12(18)26)23-15(28)10(3-9-5-20-6-21-9)24-16(29)13(19)8(2)25/h5-8,10-11,13,25H,3-4,19H2,1-2H3,(H2,18,26)(H,20,21)(H,22,27)(H,23,28)(H,24,29)(H,30,31). The number of carboxylic acid groups (broad SMARTS) is 1. The highest BCUT2D eigenvalue weighted by Gasteiger charge is 2.31. The third kappa shape index (κ3) is 8.39. The number of hydrogen-bond acceptors (Lipinski definition) is 8. The van der Waals surface area contributed by atoms with Crippen LogP contribution in [0.5, 0.6) is 0 Å². The largest absolute Gasteiger partial charge is 0.480 e. The summed E-state index contributed by atoms with van der Waals surface area (Å²) in [6, 6.07) is -5.36. The van der Waals surface area contributed by atoms with Crippen molar-refractivity contribution in [3.63, 3.8) is 0 Å². The fourth-order valence-corrected chi connectivity index (χ4v) is 2.37. The Kier molecular flexibility index (Phi) is 9.56. The quantitative estimate of drug-likeness (QED) is 0.158. The minimum absolute atomic E-state index is 0.0828. The van der Waals surface area contributed by atoms with Crippen LogP contribution in [0.2, 0.25) is 0 Å². The number of imidazole rings is 1. The third-order valence-corrected chi connectivity index (χ3v) is 4.20. The van der Waals surface area contributed by atoms with Crippen molar-refractivity contribution in [3.05, 3.63) is 18.2 Å². The first-order chi connectivity index (χ1) is 14.4. The molecule has 14 heteroatoms. The molecule has 0 saturated carbocycles. The molecule has 1 rings (SSSR count). The van der Waals surface area contributed by atoms with Gasteiger partial charge in [0.2, 0.25) is 23.6 Å². The summed E-state index contributed by atoms with van der Waals surface area (Å²) < 4.78 is 0. The number of hydrogen-bond donors (Lipinski definition) is 8. The summed E-state index contributed by atoms with van der Waals surface area (Å²) in [5.41, 5.74) is 11.2. The molecule has 31 heavy (non-hydrogen) atoms. The van der Waals surface area contributed by atoms with E-state index >= 15 is 0 Å². The molecule has 0 aliphatic rings. The number of aliphatic carboxylic acids is 1. The smallest absolute Gasteiger partial charge is 0.325 e. The maximum atomic E-state index is 12.8. The molecule has 1 heterocycles. The zero-order chi connectivity index (χ0) is 23.7. The van der Waals surface area contributed by atoms with Crippen LogP contribution in [-0.4, -0.2) is 80.1 Å². The Labute approximate surface area is 177 Å². The van der Waals surface area contributed by atoms with Crippen LogP contribution < -0.4 is 27.4 Å². The van der Waals surface area contributed by atoms with Gasteiger partial charge in [0, 0.05) is 18.3 Å². The van der Waals surface area contributed by atoms with E-state index in [2.05, 4.69) is 25.9 Å². The van der Waals surface area contributed by atoms with E-state index in [1.54, 1.807) is 0 Å². The van der Waals surface area contributed by atoms with E-state index < -0.39 is 66.3 Å². The van der Waals surface area contributed by atoms with E-state index in [0.29, 0.717) is 5.69 Å². The molecule has 172 valence electrons. The summed E-state index contributed by atoms with van der Waals surface area (Å²) in [6.45, 7) is 2.49. The number of H-pyrrole nitrogens is 1. The number of nitrogens with one attached hydrogen (secondary N) is 4. The van der Waals surface area contributed by atoms with Crippen molar-refractivity contribution in [2.24, 2.45) is 11.5 Å². The molecule has 14 nitrogen and oxygen atoms in total. The van der Waals surface area contributed by atoms with Gasteiger partial charge in [-0.25, -0.2) is 4.98 Å². The second kappa shape index (κ2) is 11.6. The minimum atomic E-state index is -1.49. The number of aromatic amines is 1. The first-order valence-corrected chi connectivity index (χ1v) is 9.25. The van der Waals surface area contributed by atoms with Crippen molar-refractivity contribution in [2.45, 2.75) is 57.0 Å². The predicted octanol–water partition coefficient (Wildman–Crippen LogP) is -3.91. The summed E-state index contributed by atoms with van der Waals surface area (Å²) in [6.07, 6.45) is 0.872. The number of amides is 4. The maximum absolute atomic E-state index is 12.8. The maximum Gasteiger partial charge on any atom is 0.325 e. The van der Waals surface area contributed by atoms with Crippen LogP contribution >= 0.6 is 0 Å². The van der Waals surface area contributed by atoms with Gasteiger partial charge in [-0.05, 0) is 13.8 Å². The molecule has 0 spiro atoms. The SMILES string of the molecule is CC(NC(=O)C(CC(N)=O)NC(=O)C(Cc1cnc[nH]1)NC(=O)C(N)C(C)O)C(=O)O. The molecule has 0 aliphatic carbocycles. The van der Waals surface area contributed by atoms with Crippen molar-refractivity contribution in [1.29, 1.82) is 0 Å². The Morgan fingerprint density at radius 2 is 1.65 bits per heavy atom. The minimum Gasteiger partial charge on any atom is -0.480 e. The fraction of sp³-hybridized carbons (Fsp3) is 0.529. The van der Waals surface area contributed by atoms with Gasteiger partial charge < -0.3 is 42.6 Å². The number of rotatable bonds is 12. The second-order valence-corrected chi connectivity index (χ2v) is 6.91. The number of carbonyl (C=O) groups excluding carboxylic acids is 4. The van der Waals surface area contributed by atoms with E-state index in [-0.39, 0.29) is 6.42 Å². The molecule has 5 unspecified atom stereocenters. The van der Waals surface area contributed by atoms with Gasteiger partial charge in [0.05, 0.1) is 18.9 Å². The van der Waals surface area contributed by atoms with E-state index in [0.717, 1.165) is 0 Å². The highest BCUT2D eigenvalue weighted by molar-refractivity contribution is 5.96. The van der Waals surface area contributed by atoms with Crippen molar-refractivity contribution in [2.75, 3.05) is 0 Å². The average Bonchev–Trinajstić information content (AvgIpc) is 3.18. The lowest BCUT2D eigenvalue weighted by molar-refractivity contribution is -0.142. The van der Waals surface area contributed by atoms with Crippen LogP contribution in [0.15, 0.2) is 12.5 Å². The molecule has 0 fully saturated rings. The number of nitrogens with two attached hydrogens (primary N) is 2. The van der Waals surface area contributed by atoms with Crippen LogP contribution in [0, 0.1) is 0 Å². The Hall–Kier alpha value is -3.52. The summed E-state index contributed by atoms with van der Waals surface area (Å²) in [5, 5.41) is 25.2. The fourth-order valence-electron chi connectivity index (χ4n) is 2.37. The first kappa shape index (κ1) is 25.5. The van der Waals surface area contributed by atoms with Gasteiger partial charge in [0.25, 0.3) is 0 Å². The molecule has 5 atom stereocenters. The Balaban J connectivity index is 3.01. The van der Waals surface area contributed by atoms with Crippen molar-refractivity contribution >= 4 is 29.6 Å². The van der Waals surface area contributed by atoms with Crippen LogP contribution in [0.25, 0.3) is 0 Å². The number of carbonyl (C=O) groups is 5. The summed E-state index contributed by atoms with van der Waals surface area (Å²) >= 11 is 0. The number of aliphatic hydroxyl groups is 1. The highest BCUT2D eigenvalue weighted by Crippen LogP contribution is 2.03. The van der Waals surface area contributed by atoms with E-state index in [1.165, 1.54) is 26.4 Å². The number of carboxylic acids is 1. The number of aromatic nitrogens is 2. The van der Waals surface area contributed by atoms with Gasteiger partial charge in [-0.3, -0.25) is 24.0 Å². The van der Waals surface area contributed by atoms with Crippen molar-refractivity contribution in [3.8, 4) is 0 Å². The van der Waals surface area contributed by atoms with Gasteiger partial charge in [0.15, 0.2) is 0 Å². The zero-order valence-corrected chi connectivity index (χ0v) is 17.0. The van der Waals surface area contributed by atoms with E-state index in [9.17, 15) is 29.1 Å². The second-order valence-electron chi connectivity index (χ2n) is 6.91. The molecular weight excluding hydrogens is 414 g/mol. The average molecular weight is 441 g/mol. The van der Waals surface area contributed by atoms with Crippen LogP contribution in [-0.2, 0) is 30.4 Å². The van der Waals surface area contributed by atoms with Crippen LogP contribution in [0.4, 0.5) is 0 Å². The molecule has 0 aromatic carbocycles. The molecule has 0 aliphatic heterocycles. The van der Waals surface area contributed by atoms with Crippen LogP contribution in [0.1, 0.15) is 26.0 Å². The number of primary amides is 1. The normalized spacial score (nSPS) is 15.6. The number of nitrogens with zero attached hydrogens (tertiary/aromatic N) is 1. The Morgan fingerprint density at radius 3 is 2.13 bits per heavy atom. The van der Waals surface area contributed by atoms with Gasteiger partial charge >= 0.3 is 5.97 Å². The third-order valence-electron chi connectivity index (χ3n) is 4.20. The molecular formula is C17H27N7O7. The lowest BCUT2D eigenvalue weighted by Crippen LogP contribution is -2.59. The van der Waals surface area contributed by atoms with Crippen molar-refractivity contribution < 1.29 is 34.2 Å². The van der Waals surface area contributed by atoms with Gasteiger partial charge in [-0.2, -0.15) is 0 Å². The molecule has 10 N–H and O–H groups in total. The molecule has 1 aromatic heterocycles. The highest BCUT2D eigenvalue weighted by atomic mass is 16.4. The molecule has 0 saturated heterocycles. The van der Waals surface area contributed by atoms with Gasteiger partial charge in [0.1, 0.15) is 24.2 Å². The topological polar surface area (TPSA) is 243 Å². The Bertz CT molecular complexity index is 797. The summed E-state index contributed by atoms with van der Waals surface area (Å²) in [4.78, 5) is 66.2. The van der Waals surface area contributed by atoms with E-state index in [4.69, 9.17) is 16.6 Å². The van der Waals surface area contributed by atoms with E-state index in [1.807, 2.05) is 0 Å².